The van der Waals surface area contributed by atoms with Crippen LogP contribution in [0.4, 0.5) is 0 Å². The van der Waals surface area contributed by atoms with E-state index in [-0.39, 0.29) is 5.60 Å². The summed E-state index contributed by atoms with van der Waals surface area (Å²) in [6.07, 6.45) is 5.46. The molecule has 0 bridgehead atoms. The molecular weight excluding hydrogens is 210 g/mol. The maximum absolute atomic E-state index is 5.84. The number of ether oxygens (including phenoxy) is 1. The quantitative estimate of drug-likeness (QED) is 0.585. The number of rotatable bonds is 10. The Morgan fingerprint density at radius 3 is 2.24 bits per heavy atom. The highest BCUT2D eigenvalue weighted by Gasteiger charge is 2.34. The van der Waals surface area contributed by atoms with E-state index in [9.17, 15) is 0 Å². The first-order valence-corrected chi connectivity index (χ1v) is 6.99. The standard InChI is InChI=1S/C15H31NO/c1-7-12-16-14(11-10-13(4)5)15(8-2,9-3)17-6/h14,16H,4,7-12H2,1-3,5-6H3. The van der Waals surface area contributed by atoms with Gasteiger partial charge in [0, 0.05) is 13.2 Å². The molecule has 1 unspecified atom stereocenters. The van der Waals surface area contributed by atoms with Gasteiger partial charge in [-0.15, -0.1) is 6.58 Å². The maximum atomic E-state index is 5.84. The molecule has 0 spiro atoms. The van der Waals surface area contributed by atoms with Crippen molar-refractivity contribution in [2.45, 2.75) is 71.4 Å². The fourth-order valence-electron chi connectivity index (χ4n) is 2.43. The topological polar surface area (TPSA) is 21.3 Å². The van der Waals surface area contributed by atoms with Crippen LogP contribution in [-0.4, -0.2) is 25.3 Å². The SMILES string of the molecule is C=C(C)CCC(NCCC)C(CC)(CC)OC. The molecule has 0 heterocycles. The van der Waals surface area contributed by atoms with Crippen LogP contribution in [0.2, 0.25) is 0 Å². The lowest BCUT2D eigenvalue weighted by atomic mass is 9.84. The van der Waals surface area contributed by atoms with Crippen LogP contribution < -0.4 is 5.32 Å². The molecule has 1 N–H and O–H groups in total. The van der Waals surface area contributed by atoms with Gasteiger partial charge in [0.2, 0.25) is 0 Å². The van der Waals surface area contributed by atoms with Gasteiger partial charge < -0.3 is 10.1 Å². The molecule has 0 amide bonds. The lowest BCUT2D eigenvalue weighted by molar-refractivity contribution is -0.0492. The summed E-state index contributed by atoms with van der Waals surface area (Å²) < 4.78 is 5.84. The highest BCUT2D eigenvalue weighted by atomic mass is 16.5. The normalized spacial score (nSPS) is 13.7. The average Bonchev–Trinajstić information content (AvgIpc) is 2.33. The third kappa shape index (κ3) is 5.22. The van der Waals surface area contributed by atoms with Gasteiger partial charge in [-0.3, -0.25) is 0 Å². The molecule has 0 radical (unpaired) electrons. The van der Waals surface area contributed by atoms with Crippen LogP contribution >= 0.6 is 0 Å². The summed E-state index contributed by atoms with van der Waals surface area (Å²) in [7, 11) is 1.84. The van der Waals surface area contributed by atoms with Crippen molar-refractivity contribution < 1.29 is 4.74 Å². The van der Waals surface area contributed by atoms with Gasteiger partial charge in [0.1, 0.15) is 0 Å². The van der Waals surface area contributed by atoms with Gasteiger partial charge in [-0.25, -0.2) is 0 Å². The lowest BCUT2D eigenvalue weighted by Gasteiger charge is -2.39. The zero-order valence-electron chi connectivity index (χ0n) is 12.4. The van der Waals surface area contributed by atoms with Gasteiger partial charge in [-0.05, 0) is 45.6 Å². The molecule has 0 aromatic rings. The Morgan fingerprint density at radius 1 is 1.29 bits per heavy atom. The molecule has 1 atom stereocenters. The Morgan fingerprint density at radius 2 is 1.88 bits per heavy atom. The molecule has 2 heteroatoms. The van der Waals surface area contributed by atoms with E-state index >= 15 is 0 Å². The average molecular weight is 241 g/mol. The van der Waals surface area contributed by atoms with Crippen molar-refractivity contribution in [3.8, 4) is 0 Å². The lowest BCUT2D eigenvalue weighted by Crippen LogP contribution is -2.51. The van der Waals surface area contributed by atoms with Gasteiger partial charge in [0.05, 0.1) is 5.60 Å². The molecule has 0 fully saturated rings. The minimum absolute atomic E-state index is 0.0232. The van der Waals surface area contributed by atoms with Crippen LogP contribution in [0.15, 0.2) is 12.2 Å². The molecule has 0 aromatic carbocycles. The van der Waals surface area contributed by atoms with Gasteiger partial charge in [0.25, 0.3) is 0 Å². The van der Waals surface area contributed by atoms with E-state index in [1.807, 2.05) is 7.11 Å². The van der Waals surface area contributed by atoms with E-state index in [0.29, 0.717) is 6.04 Å². The van der Waals surface area contributed by atoms with Crippen molar-refractivity contribution in [2.24, 2.45) is 0 Å². The second kappa shape index (κ2) is 8.71. The molecule has 17 heavy (non-hydrogen) atoms. The Bertz CT molecular complexity index is 201. The van der Waals surface area contributed by atoms with E-state index in [1.54, 1.807) is 0 Å². The van der Waals surface area contributed by atoms with Crippen molar-refractivity contribution >= 4 is 0 Å². The number of nitrogens with one attached hydrogen (secondary N) is 1. The summed E-state index contributed by atoms with van der Waals surface area (Å²) in [5.74, 6) is 0. The minimum atomic E-state index is -0.0232. The zero-order chi connectivity index (χ0) is 13.3. The third-order valence-corrected chi connectivity index (χ3v) is 3.74. The maximum Gasteiger partial charge on any atom is 0.0825 e. The first kappa shape index (κ1) is 16.7. The molecule has 0 rings (SSSR count). The fourth-order valence-corrected chi connectivity index (χ4v) is 2.43. The summed E-state index contributed by atoms with van der Waals surface area (Å²) in [5.41, 5.74) is 1.23. The van der Waals surface area contributed by atoms with Crippen molar-refractivity contribution in [3.05, 3.63) is 12.2 Å². The fraction of sp³-hybridized carbons (Fsp3) is 0.867. The van der Waals surface area contributed by atoms with Crippen molar-refractivity contribution in [1.82, 2.24) is 5.32 Å². The Labute approximate surface area is 108 Å². The largest absolute Gasteiger partial charge is 0.377 e. The number of methoxy groups -OCH3 is 1. The molecule has 0 saturated carbocycles. The smallest absolute Gasteiger partial charge is 0.0825 e. The van der Waals surface area contributed by atoms with E-state index in [1.165, 1.54) is 5.57 Å². The monoisotopic (exact) mass is 241 g/mol. The van der Waals surface area contributed by atoms with Crippen LogP contribution in [0.25, 0.3) is 0 Å². The number of hydrogen-bond acceptors (Lipinski definition) is 2. The third-order valence-electron chi connectivity index (χ3n) is 3.74. The summed E-state index contributed by atoms with van der Waals surface area (Å²) in [5, 5.41) is 3.65. The van der Waals surface area contributed by atoms with Gasteiger partial charge in [0.15, 0.2) is 0 Å². The number of hydrogen-bond donors (Lipinski definition) is 1. The molecule has 0 aliphatic heterocycles. The van der Waals surface area contributed by atoms with Crippen LogP contribution in [0.1, 0.15) is 59.8 Å². The van der Waals surface area contributed by atoms with Crippen LogP contribution in [0.3, 0.4) is 0 Å². The summed E-state index contributed by atoms with van der Waals surface area (Å²) in [4.78, 5) is 0. The zero-order valence-corrected chi connectivity index (χ0v) is 12.4. The van der Waals surface area contributed by atoms with E-state index < -0.39 is 0 Å². The molecule has 0 aromatic heterocycles. The molecule has 0 saturated heterocycles. The van der Waals surface area contributed by atoms with Gasteiger partial charge >= 0.3 is 0 Å². The summed E-state index contributed by atoms with van der Waals surface area (Å²) in [6.45, 7) is 13.8. The second-order valence-electron chi connectivity index (χ2n) is 4.98. The Balaban J connectivity index is 4.65. The van der Waals surface area contributed by atoms with Crippen molar-refractivity contribution in [1.29, 1.82) is 0 Å². The second-order valence-corrected chi connectivity index (χ2v) is 4.98. The van der Waals surface area contributed by atoms with Crippen LogP contribution in [0.5, 0.6) is 0 Å². The Kier molecular flexibility index (Phi) is 8.53. The van der Waals surface area contributed by atoms with Crippen LogP contribution in [0, 0.1) is 0 Å². The van der Waals surface area contributed by atoms with Crippen molar-refractivity contribution in [2.75, 3.05) is 13.7 Å². The minimum Gasteiger partial charge on any atom is -0.377 e. The van der Waals surface area contributed by atoms with E-state index in [4.69, 9.17) is 4.74 Å². The predicted molar refractivity (Wildman–Crippen MR) is 76.5 cm³/mol. The van der Waals surface area contributed by atoms with Crippen LogP contribution in [-0.2, 0) is 4.74 Å². The molecule has 2 nitrogen and oxygen atoms in total. The molecule has 0 aliphatic rings. The molecular formula is C15H31NO. The first-order chi connectivity index (χ1) is 8.06. The van der Waals surface area contributed by atoms with Gasteiger partial charge in [-0.1, -0.05) is 26.3 Å². The first-order valence-electron chi connectivity index (χ1n) is 6.99. The summed E-state index contributed by atoms with van der Waals surface area (Å²) in [6, 6.07) is 0.430. The molecule has 0 aliphatic carbocycles. The highest BCUT2D eigenvalue weighted by molar-refractivity contribution is 4.96. The van der Waals surface area contributed by atoms with E-state index in [2.05, 4.69) is 39.6 Å². The number of allylic oxidation sites excluding steroid dienone is 1. The predicted octanol–water partition coefficient (Wildman–Crippen LogP) is 3.92. The van der Waals surface area contributed by atoms with Crippen molar-refractivity contribution in [3.63, 3.8) is 0 Å². The molecule has 102 valence electrons. The highest BCUT2D eigenvalue weighted by Crippen LogP contribution is 2.27. The van der Waals surface area contributed by atoms with Gasteiger partial charge in [-0.2, -0.15) is 0 Å². The summed E-state index contributed by atoms with van der Waals surface area (Å²) >= 11 is 0. The van der Waals surface area contributed by atoms with E-state index in [0.717, 1.165) is 38.6 Å². The Hall–Kier alpha value is -0.340.